The quantitative estimate of drug-likeness (QED) is 0.828. The molecule has 0 saturated heterocycles. The molecule has 1 heterocycles. The number of aromatic amines is 1. The Morgan fingerprint density at radius 2 is 2.12 bits per heavy atom. The van der Waals surface area contributed by atoms with Crippen LogP contribution in [0.25, 0.3) is 0 Å². The maximum Gasteiger partial charge on any atom is 0.337 e. The molecule has 1 N–H and O–H groups in total. The van der Waals surface area contributed by atoms with Gasteiger partial charge < -0.3 is 9.72 Å². The predicted molar refractivity (Wildman–Crippen MR) is 60.5 cm³/mol. The number of carbonyl (C=O) groups excluding carboxylic acids is 1. The zero-order valence-corrected chi connectivity index (χ0v) is 9.45. The Morgan fingerprint density at radius 3 is 2.69 bits per heavy atom. The predicted octanol–water partition coefficient (Wildman–Crippen LogP) is 2.35. The van der Waals surface area contributed by atoms with Crippen LogP contribution in [-0.2, 0) is 4.74 Å². The van der Waals surface area contributed by atoms with Crippen LogP contribution in [0.2, 0.25) is 0 Å². The summed E-state index contributed by atoms with van der Waals surface area (Å²) in [6, 6.07) is 7.19. The van der Waals surface area contributed by atoms with Gasteiger partial charge in [-0.05, 0) is 24.3 Å². The van der Waals surface area contributed by atoms with E-state index in [0.29, 0.717) is 5.56 Å². The van der Waals surface area contributed by atoms with Crippen LogP contribution in [0.5, 0.6) is 0 Å². The molecule has 0 aliphatic rings. The van der Waals surface area contributed by atoms with Crippen LogP contribution in [0.4, 0.5) is 0 Å². The highest BCUT2D eigenvalue weighted by atomic mass is 32.2. The van der Waals surface area contributed by atoms with Gasteiger partial charge in [-0.15, -0.1) is 0 Å². The standard InChI is InChI=1S/C11H10N2O2S/c1-15-10(14)8-2-4-9(5-3-8)16-11-12-6-7-13-11/h2-7H,1H3,(H,12,13). The van der Waals surface area contributed by atoms with Gasteiger partial charge in [-0.3, -0.25) is 0 Å². The molecule has 0 radical (unpaired) electrons. The molecule has 0 fully saturated rings. The first-order chi connectivity index (χ1) is 7.79. The summed E-state index contributed by atoms with van der Waals surface area (Å²) in [7, 11) is 1.37. The summed E-state index contributed by atoms with van der Waals surface area (Å²) >= 11 is 1.50. The Morgan fingerprint density at radius 1 is 1.38 bits per heavy atom. The number of hydrogen-bond donors (Lipinski definition) is 1. The summed E-state index contributed by atoms with van der Waals surface area (Å²) < 4.78 is 4.62. The van der Waals surface area contributed by atoms with E-state index in [1.165, 1.54) is 18.9 Å². The number of nitrogens with one attached hydrogen (secondary N) is 1. The van der Waals surface area contributed by atoms with Crippen molar-refractivity contribution in [3.63, 3.8) is 0 Å². The second kappa shape index (κ2) is 4.85. The van der Waals surface area contributed by atoms with E-state index in [0.717, 1.165) is 10.1 Å². The summed E-state index contributed by atoms with van der Waals surface area (Å²) in [6.07, 6.45) is 3.47. The second-order valence-electron chi connectivity index (χ2n) is 3.01. The molecule has 5 heteroatoms. The van der Waals surface area contributed by atoms with E-state index < -0.39 is 0 Å². The fraction of sp³-hybridized carbons (Fsp3) is 0.0909. The Kier molecular flexibility index (Phi) is 3.26. The number of rotatable bonds is 3. The summed E-state index contributed by atoms with van der Waals surface area (Å²) in [4.78, 5) is 19.3. The third-order valence-corrected chi connectivity index (χ3v) is 2.89. The number of esters is 1. The number of benzene rings is 1. The highest BCUT2D eigenvalue weighted by molar-refractivity contribution is 7.99. The van der Waals surface area contributed by atoms with E-state index in [4.69, 9.17) is 0 Å². The maximum atomic E-state index is 11.2. The van der Waals surface area contributed by atoms with E-state index >= 15 is 0 Å². The minimum absolute atomic E-state index is 0.324. The fourth-order valence-electron chi connectivity index (χ4n) is 1.20. The van der Waals surface area contributed by atoms with Crippen molar-refractivity contribution in [3.8, 4) is 0 Å². The molecular weight excluding hydrogens is 224 g/mol. The van der Waals surface area contributed by atoms with Crippen LogP contribution < -0.4 is 0 Å². The van der Waals surface area contributed by atoms with E-state index in [-0.39, 0.29) is 5.97 Å². The van der Waals surface area contributed by atoms with E-state index in [1.54, 1.807) is 24.5 Å². The molecular formula is C11H10N2O2S. The lowest BCUT2D eigenvalue weighted by molar-refractivity contribution is 0.0600. The van der Waals surface area contributed by atoms with Crippen molar-refractivity contribution >= 4 is 17.7 Å². The smallest absolute Gasteiger partial charge is 0.337 e. The molecule has 2 aromatic rings. The highest BCUT2D eigenvalue weighted by Gasteiger charge is 2.05. The van der Waals surface area contributed by atoms with Gasteiger partial charge in [0.25, 0.3) is 0 Å². The van der Waals surface area contributed by atoms with Gasteiger partial charge in [0.2, 0.25) is 0 Å². The minimum atomic E-state index is -0.324. The molecule has 0 aliphatic carbocycles. The minimum Gasteiger partial charge on any atom is -0.465 e. The summed E-state index contributed by atoms with van der Waals surface area (Å²) in [6.45, 7) is 0. The number of methoxy groups -OCH3 is 1. The Labute approximate surface area is 97.0 Å². The molecule has 0 saturated carbocycles. The third kappa shape index (κ3) is 2.43. The molecule has 0 amide bonds. The van der Waals surface area contributed by atoms with Crippen molar-refractivity contribution in [2.24, 2.45) is 0 Å². The Hall–Kier alpha value is -1.75. The first-order valence-electron chi connectivity index (χ1n) is 4.65. The van der Waals surface area contributed by atoms with Gasteiger partial charge in [0, 0.05) is 17.3 Å². The zero-order valence-electron chi connectivity index (χ0n) is 8.64. The number of aromatic nitrogens is 2. The first-order valence-corrected chi connectivity index (χ1v) is 5.47. The second-order valence-corrected chi connectivity index (χ2v) is 4.07. The normalized spacial score (nSPS) is 10.1. The van der Waals surface area contributed by atoms with Crippen LogP contribution in [-0.4, -0.2) is 23.0 Å². The van der Waals surface area contributed by atoms with Gasteiger partial charge >= 0.3 is 5.97 Å². The molecule has 1 aromatic carbocycles. The van der Waals surface area contributed by atoms with E-state index in [9.17, 15) is 4.79 Å². The lowest BCUT2D eigenvalue weighted by Gasteiger charge is -2.00. The van der Waals surface area contributed by atoms with Gasteiger partial charge in [0.15, 0.2) is 5.16 Å². The van der Waals surface area contributed by atoms with Crippen molar-refractivity contribution in [3.05, 3.63) is 42.2 Å². The average molecular weight is 234 g/mol. The Bertz CT molecular complexity index is 465. The largest absolute Gasteiger partial charge is 0.465 e. The highest BCUT2D eigenvalue weighted by Crippen LogP contribution is 2.24. The number of hydrogen-bond acceptors (Lipinski definition) is 4. The molecule has 0 aliphatic heterocycles. The number of nitrogens with zero attached hydrogens (tertiary/aromatic N) is 1. The van der Waals surface area contributed by atoms with Gasteiger partial charge in [0.05, 0.1) is 12.7 Å². The van der Waals surface area contributed by atoms with Crippen molar-refractivity contribution in [1.29, 1.82) is 0 Å². The molecule has 82 valence electrons. The summed E-state index contributed by atoms with van der Waals surface area (Å²) in [5, 5.41) is 0.825. The molecule has 1 aromatic heterocycles. The molecule has 0 atom stereocenters. The van der Waals surface area contributed by atoms with Gasteiger partial charge in [-0.25, -0.2) is 9.78 Å². The van der Waals surface area contributed by atoms with Crippen molar-refractivity contribution in [2.75, 3.05) is 7.11 Å². The van der Waals surface area contributed by atoms with Gasteiger partial charge in [0.1, 0.15) is 0 Å². The number of ether oxygens (including phenoxy) is 1. The van der Waals surface area contributed by atoms with Gasteiger partial charge in [-0.1, -0.05) is 11.8 Å². The zero-order chi connectivity index (χ0) is 11.4. The van der Waals surface area contributed by atoms with Crippen LogP contribution in [0.3, 0.4) is 0 Å². The molecule has 0 spiro atoms. The van der Waals surface area contributed by atoms with Crippen molar-refractivity contribution in [2.45, 2.75) is 10.1 Å². The fourth-order valence-corrected chi connectivity index (χ4v) is 1.93. The topological polar surface area (TPSA) is 55.0 Å². The Balaban J connectivity index is 2.10. The lowest BCUT2D eigenvalue weighted by atomic mass is 10.2. The SMILES string of the molecule is COC(=O)c1ccc(Sc2ncc[nH]2)cc1. The van der Waals surface area contributed by atoms with Crippen LogP contribution in [0, 0.1) is 0 Å². The van der Waals surface area contributed by atoms with Gasteiger partial charge in [-0.2, -0.15) is 0 Å². The average Bonchev–Trinajstić information content (AvgIpc) is 2.82. The number of carbonyl (C=O) groups is 1. The van der Waals surface area contributed by atoms with E-state index in [2.05, 4.69) is 14.7 Å². The molecule has 2 rings (SSSR count). The number of imidazole rings is 1. The van der Waals surface area contributed by atoms with E-state index in [1.807, 2.05) is 12.1 Å². The molecule has 16 heavy (non-hydrogen) atoms. The first kappa shape index (κ1) is 10.8. The lowest BCUT2D eigenvalue weighted by Crippen LogP contribution is -2.00. The summed E-state index contributed by atoms with van der Waals surface area (Å²) in [5.74, 6) is -0.324. The maximum absolute atomic E-state index is 11.2. The van der Waals surface area contributed by atoms with Crippen molar-refractivity contribution in [1.82, 2.24) is 9.97 Å². The number of H-pyrrole nitrogens is 1. The monoisotopic (exact) mass is 234 g/mol. The van der Waals surface area contributed by atoms with Crippen LogP contribution >= 0.6 is 11.8 Å². The van der Waals surface area contributed by atoms with Crippen molar-refractivity contribution < 1.29 is 9.53 Å². The van der Waals surface area contributed by atoms with Crippen LogP contribution in [0.15, 0.2) is 46.7 Å². The third-order valence-electron chi connectivity index (χ3n) is 1.96. The molecule has 0 unspecified atom stereocenters. The summed E-state index contributed by atoms with van der Waals surface area (Å²) in [5.41, 5.74) is 0.547. The molecule has 4 nitrogen and oxygen atoms in total. The molecule has 0 bridgehead atoms. The van der Waals surface area contributed by atoms with Crippen LogP contribution in [0.1, 0.15) is 10.4 Å².